The van der Waals surface area contributed by atoms with Crippen molar-refractivity contribution in [3.05, 3.63) is 18.4 Å². The number of aromatic nitrogens is 1. The standard InChI is InChI=1S/C6H8N2O2/c1-4(7)6(9)5-2-8-3-10-5/h2-4H,7H2,1H3. The van der Waals surface area contributed by atoms with Crippen LogP contribution >= 0.6 is 0 Å². The minimum atomic E-state index is -0.520. The zero-order valence-electron chi connectivity index (χ0n) is 5.57. The average Bonchev–Trinajstić information content (AvgIpc) is 2.36. The number of carbonyl (C=O) groups excluding carboxylic acids is 1. The summed E-state index contributed by atoms with van der Waals surface area (Å²) in [5.74, 6) is -0.00694. The van der Waals surface area contributed by atoms with Crippen LogP contribution < -0.4 is 5.73 Å². The fraction of sp³-hybridized carbons (Fsp3) is 0.333. The molecule has 4 nitrogen and oxygen atoms in total. The Kier molecular flexibility index (Phi) is 1.82. The van der Waals surface area contributed by atoms with Crippen LogP contribution in [-0.4, -0.2) is 16.8 Å². The van der Waals surface area contributed by atoms with Gasteiger partial charge in [0.2, 0.25) is 5.78 Å². The predicted molar refractivity (Wildman–Crippen MR) is 34.5 cm³/mol. The lowest BCUT2D eigenvalue weighted by molar-refractivity contribution is 0.0941. The zero-order valence-corrected chi connectivity index (χ0v) is 5.57. The summed E-state index contributed by atoms with van der Waals surface area (Å²) in [6.07, 6.45) is 2.56. The second-order valence-corrected chi connectivity index (χ2v) is 2.02. The van der Waals surface area contributed by atoms with Crippen molar-refractivity contribution >= 4 is 5.78 Å². The highest BCUT2D eigenvalue weighted by Crippen LogP contribution is 1.99. The molecule has 54 valence electrons. The first-order valence-corrected chi connectivity index (χ1v) is 2.90. The summed E-state index contributed by atoms with van der Waals surface area (Å²) >= 11 is 0. The molecule has 0 aromatic carbocycles. The Morgan fingerprint density at radius 3 is 3.00 bits per heavy atom. The smallest absolute Gasteiger partial charge is 0.215 e. The van der Waals surface area contributed by atoms with E-state index in [9.17, 15) is 4.79 Å². The normalized spacial score (nSPS) is 13.0. The summed E-state index contributed by atoms with van der Waals surface area (Å²) in [6, 6.07) is -0.520. The number of oxazole rings is 1. The summed E-state index contributed by atoms with van der Waals surface area (Å²) in [5.41, 5.74) is 5.29. The second-order valence-electron chi connectivity index (χ2n) is 2.02. The molecule has 0 saturated heterocycles. The van der Waals surface area contributed by atoms with Crippen LogP contribution in [0, 0.1) is 0 Å². The Morgan fingerprint density at radius 1 is 1.90 bits per heavy atom. The largest absolute Gasteiger partial charge is 0.440 e. The van der Waals surface area contributed by atoms with Crippen LogP contribution in [-0.2, 0) is 0 Å². The zero-order chi connectivity index (χ0) is 7.56. The number of hydrogen-bond acceptors (Lipinski definition) is 4. The summed E-state index contributed by atoms with van der Waals surface area (Å²) in [4.78, 5) is 14.5. The van der Waals surface area contributed by atoms with Gasteiger partial charge in [-0.25, -0.2) is 4.98 Å². The summed E-state index contributed by atoms with van der Waals surface area (Å²) in [5, 5.41) is 0. The number of nitrogens with two attached hydrogens (primary N) is 1. The van der Waals surface area contributed by atoms with E-state index >= 15 is 0 Å². The summed E-state index contributed by atoms with van der Waals surface area (Å²) in [6.45, 7) is 1.60. The van der Waals surface area contributed by atoms with Crippen molar-refractivity contribution in [3.8, 4) is 0 Å². The van der Waals surface area contributed by atoms with Gasteiger partial charge in [0.1, 0.15) is 0 Å². The third-order valence-electron chi connectivity index (χ3n) is 1.09. The molecule has 0 aliphatic heterocycles. The first kappa shape index (κ1) is 6.95. The monoisotopic (exact) mass is 140 g/mol. The van der Waals surface area contributed by atoms with Gasteiger partial charge in [-0.15, -0.1) is 0 Å². The molecule has 1 aromatic heterocycles. The van der Waals surface area contributed by atoms with Crippen LogP contribution in [0.2, 0.25) is 0 Å². The number of nitrogens with zero attached hydrogens (tertiary/aromatic N) is 1. The van der Waals surface area contributed by atoms with Crippen molar-refractivity contribution in [2.45, 2.75) is 13.0 Å². The lowest BCUT2D eigenvalue weighted by atomic mass is 10.2. The van der Waals surface area contributed by atoms with Crippen LogP contribution in [0.1, 0.15) is 17.5 Å². The Morgan fingerprint density at radius 2 is 2.60 bits per heavy atom. The van der Waals surface area contributed by atoms with Crippen molar-refractivity contribution in [2.75, 3.05) is 0 Å². The van der Waals surface area contributed by atoms with Gasteiger partial charge in [-0.05, 0) is 6.92 Å². The Labute approximate surface area is 58.0 Å². The van der Waals surface area contributed by atoms with Gasteiger partial charge < -0.3 is 10.2 Å². The molecule has 1 aromatic rings. The minimum absolute atomic E-state index is 0.218. The number of carbonyl (C=O) groups is 1. The molecular weight excluding hydrogens is 132 g/mol. The molecule has 0 spiro atoms. The van der Waals surface area contributed by atoms with E-state index in [0.29, 0.717) is 0 Å². The van der Waals surface area contributed by atoms with Crippen LogP contribution in [0.15, 0.2) is 17.0 Å². The maximum atomic E-state index is 10.9. The molecule has 1 atom stereocenters. The predicted octanol–water partition coefficient (Wildman–Crippen LogP) is 0.205. The van der Waals surface area contributed by atoms with E-state index in [-0.39, 0.29) is 11.5 Å². The van der Waals surface area contributed by atoms with E-state index in [1.165, 1.54) is 12.6 Å². The third kappa shape index (κ3) is 1.22. The van der Waals surface area contributed by atoms with E-state index in [1.54, 1.807) is 6.92 Å². The van der Waals surface area contributed by atoms with E-state index in [2.05, 4.69) is 4.98 Å². The van der Waals surface area contributed by atoms with Crippen molar-refractivity contribution in [1.82, 2.24) is 4.98 Å². The van der Waals surface area contributed by atoms with Crippen molar-refractivity contribution in [3.63, 3.8) is 0 Å². The lowest BCUT2D eigenvalue weighted by Gasteiger charge is -1.97. The number of ketones is 1. The molecule has 0 radical (unpaired) electrons. The van der Waals surface area contributed by atoms with E-state index in [1.807, 2.05) is 0 Å². The van der Waals surface area contributed by atoms with Gasteiger partial charge in [0.25, 0.3) is 0 Å². The molecule has 0 aliphatic rings. The lowest BCUT2D eigenvalue weighted by Crippen LogP contribution is -2.26. The Balaban J connectivity index is 2.78. The number of Topliss-reactive ketones (excluding diaryl/α,β-unsaturated/α-hetero) is 1. The molecule has 0 bridgehead atoms. The highest BCUT2D eigenvalue weighted by Gasteiger charge is 2.13. The summed E-state index contributed by atoms with van der Waals surface area (Å²) in [7, 11) is 0. The molecule has 0 saturated carbocycles. The Bertz CT molecular complexity index is 216. The van der Waals surface area contributed by atoms with Crippen LogP contribution in [0.5, 0.6) is 0 Å². The first-order valence-electron chi connectivity index (χ1n) is 2.90. The van der Waals surface area contributed by atoms with Gasteiger partial charge in [-0.3, -0.25) is 4.79 Å². The first-order chi connectivity index (χ1) is 4.72. The van der Waals surface area contributed by atoms with Gasteiger partial charge in [-0.1, -0.05) is 0 Å². The van der Waals surface area contributed by atoms with Gasteiger partial charge in [0.15, 0.2) is 12.2 Å². The minimum Gasteiger partial charge on any atom is -0.440 e. The quantitative estimate of drug-likeness (QED) is 0.596. The molecule has 0 fully saturated rings. The van der Waals surface area contributed by atoms with Crippen LogP contribution in [0.4, 0.5) is 0 Å². The molecule has 0 aliphatic carbocycles. The molecule has 0 amide bonds. The molecule has 1 rings (SSSR count). The maximum Gasteiger partial charge on any atom is 0.215 e. The number of hydrogen-bond donors (Lipinski definition) is 1. The topological polar surface area (TPSA) is 69.1 Å². The van der Waals surface area contributed by atoms with Crippen molar-refractivity contribution in [2.24, 2.45) is 5.73 Å². The highest BCUT2D eigenvalue weighted by atomic mass is 16.3. The van der Waals surface area contributed by atoms with Crippen LogP contribution in [0.25, 0.3) is 0 Å². The van der Waals surface area contributed by atoms with Gasteiger partial charge in [-0.2, -0.15) is 0 Å². The fourth-order valence-electron chi connectivity index (χ4n) is 0.562. The van der Waals surface area contributed by atoms with Crippen molar-refractivity contribution < 1.29 is 9.21 Å². The fourth-order valence-corrected chi connectivity index (χ4v) is 0.562. The summed E-state index contributed by atoms with van der Waals surface area (Å²) < 4.78 is 4.72. The second kappa shape index (κ2) is 2.62. The van der Waals surface area contributed by atoms with Crippen molar-refractivity contribution in [1.29, 1.82) is 0 Å². The van der Waals surface area contributed by atoms with E-state index in [4.69, 9.17) is 10.2 Å². The molecule has 2 N–H and O–H groups in total. The molecule has 1 heterocycles. The average molecular weight is 140 g/mol. The SMILES string of the molecule is CC(N)C(=O)c1cnco1. The van der Waals surface area contributed by atoms with E-state index < -0.39 is 6.04 Å². The maximum absolute atomic E-state index is 10.9. The van der Waals surface area contributed by atoms with Crippen LogP contribution in [0.3, 0.4) is 0 Å². The molecule has 4 heteroatoms. The Hall–Kier alpha value is -1.16. The van der Waals surface area contributed by atoms with Gasteiger partial charge >= 0.3 is 0 Å². The highest BCUT2D eigenvalue weighted by molar-refractivity contribution is 5.96. The number of rotatable bonds is 2. The van der Waals surface area contributed by atoms with E-state index in [0.717, 1.165) is 0 Å². The van der Waals surface area contributed by atoms with Gasteiger partial charge in [0.05, 0.1) is 12.2 Å². The molecule has 1 unspecified atom stereocenters. The van der Waals surface area contributed by atoms with Gasteiger partial charge in [0, 0.05) is 0 Å². The molecular formula is C6H8N2O2. The third-order valence-corrected chi connectivity index (χ3v) is 1.09. The molecule has 10 heavy (non-hydrogen) atoms.